The molecule has 1 saturated heterocycles. The number of ether oxygens (including phenoxy) is 1. The van der Waals surface area contributed by atoms with Gasteiger partial charge in [0.2, 0.25) is 0 Å². The second kappa shape index (κ2) is 11.0. The van der Waals surface area contributed by atoms with Gasteiger partial charge in [-0.05, 0) is 47.5 Å². The van der Waals surface area contributed by atoms with Crippen molar-refractivity contribution in [1.82, 2.24) is 4.90 Å². The lowest BCUT2D eigenvalue weighted by molar-refractivity contribution is -0.384. The van der Waals surface area contributed by atoms with Crippen molar-refractivity contribution in [3.05, 3.63) is 94.0 Å². The number of nitrogens with zero attached hydrogens (tertiary/aromatic N) is 4. The molecule has 3 aromatic carbocycles. The van der Waals surface area contributed by atoms with E-state index in [1.807, 2.05) is 48.5 Å². The van der Waals surface area contributed by atoms with Gasteiger partial charge in [0, 0.05) is 49.7 Å². The van der Waals surface area contributed by atoms with Crippen molar-refractivity contribution >= 4 is 23.1 Å². The molecular weight excluding hydrogens is 446 g/mol. The molecule has 1 N–H and O–H groups in total. The van der Waals surface area contributed by atoms with Crippen LogP contribution in [0.5, 0.6) is 5.75 Å². The van der Waals surface area contributed by atoms with Crippen LogP contribution in [0.15, 0.2) is 72.8 Å². The average Bonchev–Trinajstić information content (AvgIpc) is 2.89. The van der Waals surface area contributed by atoms with Gasteiger partial charge in [-0.1, -0.05) is 24.3 Å². The van der Waals surface area contributed by atoms with Crippen LogP contribution in [0.25, 0.3) is 0 Å². The van der Waals surface area contributed by atoms with Gasteiger partial charge >= 0.3 is 6.03 Å². The first-order valence-electron chi connectivity index (χ1n) is 11.2. The molecule has 0 unspecified atom stereocenters. The van der Waals surface area contributed by atoms with E-state index in [1.165, 1.54) is 12.1 Å². The SMILES string of the molecule is N#CCc1ccc(OCc2cccc(NC(=O)N3CCN(c4ccc([N+](=O)[O-])cc4)CC3)c2)cc1. The number of non-ortho nitro benzene ring substituents is 1. The van der Waals surface area contributed by atoms with Gasteiger partial charge in [0.15, 0.2) is 0 Å². The number of nitriles is 1. The predicted octanol–water partition coefficient (Wildman–Crippen LogP) is 4.59. The predicted molar refractivity (Wildman–Crippen MR) is 132 cm³/mol. The Bertz CT molecular complexity index is 1210. The van der Waals surface area contributed by atoms with Crippen molar-refractivity contribution in [2.45, 2.75) is 13.0 Å². The molecule has 35 heavy (non-hydrogen) atoms. The number of piperazine rings is 1. The summed E-state index contributed by atoms with van der Waals surface area (Å²) in [4.78, 5) is 27.1. The van der Waals surface area contributed by atoms with Crippen molar-refractivity contribution in [1.29, 1.82) is 5.26 Å². The summed E-state index contributed by atoms with van der Waals surface area (Å²) in [6.45, 7) is 2.74. The third-order valence-corrected chi connectivity index (χ3v) is 5.78. The van der Waals surface area contributed by atoms with Crippen LogP contribution in [0.2, 0.25) is 0 Å². The highest BCUT2D eigenvalue weighted by Crippen LogP contribution is 2.21. The summed E-state index contributed by atoms with van der Waals surface area (Å²) in [7, 11) is 0. The van der Waals surface area contributed by atoms with Gasteiger partial charge in [-0.3, -0.25) is 10.1 Å². The highest BCUT2D eigenvalue weighted by molar-refractivity contribution is 5.89. The van der Waals surface area contributed by atoms with Crippen molar-refractivity contribution < 1.29 is 14.5 Å². The number of carbonyl (C=O) groups is 1. The topological polar surface area (TPSA) is 112 Å². The van der Waals surface area contributed by atoms with E-state index in [-0.39, 0.29) is 11.7 Å². The minimum atomic E-state index is -0.415. The molecule has 0 bridgehead atoms. The van der Waals surface area contributed by atoms with E-state index in [4.69, 9.17) is 10.00 Å². The van der Waals surface area contributed by atoms with E-state index in [0.29, 0.717) is 50.6 Å². The lowest BCUT2D eigenvalue weighted by Crippen LogP contribution is -2.50. The maximum atomic E-state index is 12.8. The summed E-state index contributed by atoms with van der Waals surface area (Å²) in [5.74, 6) is 0.715. The monoisotopic (exact) mass is 471 g/mol. The van der Waals surface area contributed by atoms with Crippen LogP contribution in [0, 0.1) is 21.4 Å². The normalized spacial score (nSPS) is 13.1. The molecule has 1 fully saturated rings. The van der Waals surface area contributed by atoms with Crippen LogP contribution in [0.3, 0.4) is 0 Å². The second-order valence-corrected chi connectivity index (χ2v) is 8.15. The van der Waals surface area contributed by atoms with Crippen molar-refractivity contribution in [2.75, 3.05) is 36.4 Å². The summed E-state index contributed by atoms with van der Waals surface area (Å²) < 4.78 is 5.83. The molecule has 0 radical (unpaired) electrons. The van der Waals surface area contributed by atoms with Crippen molar-refractivity contribution in [2.24, 2.45) is 0 Å². The molecule has 178 valence electrons. The first-order valence-corrected chi connectivity index (χ1v) is 11.2. The number of hydrogen-bond donors (Lipinski definition) is 1. The number of hydrogen-bond acceptors (Lipinski definition) is 6. The Labute approximate surface area is 203 Å². The Morgan fingerprint density at radius 2 is 1.71 bits per heavy atom. The highest BCUT2D eigenvalue weighted by Gasteiger charge is 2.22. The van der Waals surface area contributed by atoms with Gasteiger partial charge in [-0.15, -0.1) is 0 Å². The molecule has 1 aliphatic heterocycles. The fraction of sp³-hybridized carbons (Fsp3) is 0.231. The maximum Gasteiger partial charge on any atom is 0.321 e. The van der Waals surface area contributed by atoms with Crippen LogP contribution >= 0.6 is 0 Å². The molecule has 0 saturated carbocycles. The first-order chi connectivity index (χ1) is 17.0. The number of rotatable bonds is 7. The van der Waals surface area contributed by atoms with Crippen molar-refractivity contribution in [3.8, 4) is 11.8 Å². The smallest absolute Gasteiger partial charge is 0.321 e. The van der Waals surface area contributed by atoms with Gasteiger partial charge in [-0.25, -0.2) is 4.79 Å². The van der Waals surface area contributed by atoms with Crippen LogP contribution in [0.1, 0.15) is 11.1 Å². The number of nitro benzene ring substituents is 1. The van der Waals surface area contributed by atoms with Crippen LogP contribution in [-0.2, 0) is 13.0 Å². The minimum absolute atomic E-state index is 0.0629. The van der Waals surface area contributed by atoms with Crippen LogP contribution in [0.4, 0.5) is 21.9 Å². The number of nitro groups is 1. The molecule has 1 aliphatic rings. The molecule has 0 aromatic heterocycles. The van der Waals surface area contributed by atoms with Crippen molar-refractivity contribution in [3.63, 3.8) is 0 Å². The molecule has 0 atom stereocenters. The summed E-state index contributed by atoms with van der Waals surface area (Å²) in [6, 6.07) is 23.4. The fourth-order valence-corrected chi connectivity index (χ4v) is 3.86. The Morgan fingerprint density at radius 1 is 1.00 bits per heavy atom. The summed E-state index contributed by atoms with van der Waals surface area (Å²) in [5, 5.41) is 22.5. The minimum Gasteiger partial charge on any atom is -0.489 e. The fourth-order valence-electron chi connectivity index (χ4n) is 3.86. The first kappa shape index (κ1) is 23.6. The number of urea groups is 1. The molecule has 3 aromatic rings. The molecule has 4 rings (SSSR count). The molecule has 9 heteroatoms. The molecule has 9 nitrogen and oxygen atoms in total. The van der Waals surface area contributed by atoms with Crippen LogP contribution in [-0.4, -0.2) is 42.0 Å². The third kappa shape index (κ3) is 6.26. The number of carbonyl (C=O) groups excluding carboxylic acids is 1. The Kier molecular flexibility index (Phi) is 7.43. The van der Waals surface area contributed by atoms with Gasteiger partial charge in [0.25, 0.3) is 5.69 Å². The van der Waals surface area contributed by atoms with E-state index in [0.717, 1.165) is 16.8 Å². The molecule has 2 amide bonds. The van der Waals surface area contributed by atoms with Gasteiger partial charge in [0.05, 0.1) is 17.4 Å². The largest absolute Gasteiger partial charge is 0.489 e. The summed E-state index contributed by atoms with van der Waals surface area (Å²) >= 11 is 0. The van der Waals surface area contributed by atoms with Gasteiger partial charge < -0.3 is 19.9 Å². The number of amides is 2. The lowest BCUT2D eigenvalue weighted by atomic mass is 10.1. The number of nitrogens with one attached hydrogen (secondary N) is 1. The summed E-state index contributed by atoms with van der Waals surface area (Å²) in [6.07, 6.45) is 0.369. The zero-order chi connectivity index (χ0) is 24.6. The number of benzene rings is 3. The van der Waals surface area contributed by atoms with Crippen LogP contribution < -0.4 is 15.0 Å². The van der Waals surface area contributed by atoms with Gasteiger partial charge in [-0.2, -0.15) is 5.26 Å². The lowest BCUT2D eigenvalue weighted by Gasteiger charge is -2.36. The Morgan fingerprint density at radius 3 is 2.37 bits per heavy atom. The standard InChI is InChI=1S/C26H25N5O4/c27-13-12-20-4-10-25(11-5-20)35-19-21-2-1-3-22(18-21)28-26(32)30-16-14-29(15-17-30)23-6-8-24(9-7-23)31(33)34/h1-11,18H,12,14-17,19H2,(H,28,32). The molecule has 1 heterocycles. The van der Waals surface area contributed by atoms with E-state index in [1.54, 1.807) is 17.0 Å². The van der Waals surface area contributed by atoms with E-state index in [2.05, 4.69) is 16.3 Å². The van der Waals surface area contributed by atoms with E-state index >= 15 is 0 Å². The Hall–Kier alpha value is -4.58. The summed E-state index contributed by atoms with van der Waals surface area (Å²) in [5.41, 5.74) is 3.53. The Balaban J connectivity index is 1.27. The molecular formula is C26H25N5O4. The second-order valence-electron chi connectivity index (χ2n) is 8.15. The van der Waals surface area contributed by atoms with E-state index in [9.17, 15) is 14.9 Å². The van der Waals surface area contributed by atoms with Gasteiger partial charge in [0.1, 0.15) is 12.4 Å². The zero-order valence-corrected chi connectivity index (χ0v) is 19.1. The quantitative estimate of drug-likeness (QED) is 0.398. The zero-order valence-electron chi connectivity index (χ0n) is 19.1. The average molecular weight is 472 g/mol. The highest BCUT2D eigenvalue weighted by atomic mass is 16.6. The molecule has 0 spiro atoms. The maximum absolute atomic E-state index is 12.8. The number of anilines is 2. The third-order valence-electron chi connectivity index (χ3n) is 5.78. The molecule has 0 aliphatic carbocycles. The van der Waals surface area contributed by atoms with E-state index < -0.39 is 4.92 Å².